The molecule has 266 valence electrons. The van der Waals surface area contributed by atoms with Crippen molar-refractivity contribution in [1.29, 1.82) is 0 Å². The quantitative estimate of drug-likeness (QED) is 0.134. The van der Waals surface area contributed by atoms with Crippen LogP contribution in [0.25, 0.3) is 0 Å². The first kappa shape index (κ1) is 37.4. The van der Waals surface area contributed by atoms with Gasteiger partial charge in [-0.3, -0.25) is 9.69 Å². The number of aryl methyl sites for hydroxylation is 1. The Hall–Kier alpha value is -3.87. The van der Waals surface area contributed by atoms with E-state index in [2.05, 4.69) is 83.0 Å². The first-order chi connectivity index (χ1) is 24.0. The molecule has 1 N–H and O–H groups in total. The van der Waals surface area contributed by atoms with E-state index in [1.807, 2.05) is 0 Å². The van der Waals surface area contributed by atoms with E-state index in [9.17, 15) is 9.18 Å². The molecule has 4 aromatic carbocycles. The number of hydrogen-bond donors (Lipinski definition) is 1. The van der Waals surface area contributed by atoms with Gasteiger partial charge in [0.25, 0.3) is 0 Å². The molecule has 4 aromatic rings. The number of hydrogen-bond acceptors (Lipinski definition) is 4. The molecule has 1 aliphatic heterocycles. The van der Waals surface area contributed by atoms with E-state index in [1.165, 1.54) is 54.0 Å². The van der Waals surface area contributed by atoms with E-state index in [0.717, 1.165) is 63.1 Å². The van der Waals surface area contributed by atoms with Crippen LogP contribution in [0.4, 0.5) is 4.39 Å². The van der Waals surface area contributed by atoms with Crippen molar-refractivity contribution in [2.75, 3.05) is 33.9 Å². The average molecular weight is 699 g/mol. The van der Waals surface area contributed by atoms with Crippen LogP contribution in [0.1, 0.15) is 79.2 Å². The number of rotatable bonds is 14. The third-order valence-electron chi connectivity index (χ3n) is 11.2. The Kier molecular flexibility index (Phi) is 13.0. The summed E-state index contributed by atoms with van der Waals surface area (Å²) >= 11 is 0. The van der Waals surface area contributed by atoms with Crippen LogP contribution in [0.2, 0.25) is 0 Å². The molecule has 1 saturated heterocycles. The first-order valence-corrected chi connectivity index (χ1v) is 18.1. The molecule has 0 bridgehead atoms. The number of methoxy groups -OCH3 is 2. The SMILES string of the molecule is COc1cc2c(cc1OC)CC1(CCCCN1CCCC(CCCNC(=O)Cc1ccccc1F)(c1ccccc1)c1ccccc1)CC2.Cl. The van der Waals surface area contributed by atoms with Gasteiger partial charge in [-0.05, 0) is 117 Å². The summed E-state index contributed by atoms with van der Waals surface area (Å²) in [6.07, 6.45) is 10.9. The van der Waals surface area contributed by atoms with Gasteiger partial charge in [-0.2, -0.15) is 0 Å². The lowest BCUT2D eigenvalue weighted by Gasteiger charge is -2.50. The van der Waals surface area contributed by atoms with Crippen LogP contribution < -0.4 is 14.8 Å². The summed E-state index contributed by atoms with van der Waals surface area (Å²) < 4.78 is 25.5. The van der Waals surface area contributed by atoms with Crippen molar-refractivity contribution in [2.24, 2.45) is 0 Å². The molecular weight excluding hydrogens is 647 g/mol. The zero-order chi connectivity index (χ0) is 34.1. The van der Waals surface area contributed by atoms with Gasteiger partial charge in [-0.25, -0.2) is 4.39 Å². The van der Waals surface area contributed by atoms with Crippen LogP contribution in [-0.2, 0) is 29.5 Å². The molecule has 1 unspecified atom stereocenters. The maximum absolute atomic E-state index is 14.2. The average Bonchev–Trinajstić information content (AvgIpc) is 3.14. The van der Waals surface area contributed by atoms with Crippen molar-refractivity contribution in [3.05, 3.63) is 131 Å². The van der Waals surface area contributed by atoms with Gasteiger partial charge < -0.3 is 14.8 Å². The number of amides is 1. The number of nitrogens with zero attached hydrogens (tertiary/aromatic N) is 1. The van der Waals surface area contributed by atoms with E-state index < -0.39 is 0 Å². The summed E-state index contributed by atoms with van der Waals surface area (Å²) in [6.45, 7) is 2.75. The van der Waals surface area contributed by atoms with Crippen molar-refractivity contribution in [2.45, 2.75) is 81.6 Å². The lowest BCUT2D eigenvalue weighted by Crippen LogP contribution is -2.55. The number of piperidine rings is 1. The Balaban J connectivity index is 0.00000486. The van der Waals surface area contributed by atoms with Gasteiger partial charge in [0.05, 0.1) is 20.6 Å². The normalized spacial score (nSPS) is 17.4. The highest BCUT2D eigenvalue weighted by Gasteiger charge is 2.42. The molecule has 0 saturated carbocycles. The standard InChI is InChI=1S/C43H51FN2O3.ClH/c1-48-39-29-33-21-25-42(32-35(33)30-40(39)49-2)22-11-12-27-46(42)28-14-24-43(36-16-5-3-6-17-36,37-18-7-4-8-19-37)23-13-26-45-41(47)31-34-15-9-10-20-38(34)44;/h3-10,15-20,29-30H,11-14,21-28,31-32H2,1-2H3,(H,45,47);1H. The Bertz CT molecular complexity index is 1650. The number of fused-ring (bicyclic) bond motifs is 1. The van der Waals surface area contributed by atoms with Gasteiger partial charge in [-0.15, -0.1) is 12.4 Å². The lowest BCUT2D eigenvalue weighted by molar-refractivity contribution is -0.120. The number of halogens is 2. The highest BCUT2D eigenvalue weighted by Crippen LogP contribution is 2.45. The lowest BCUT2D eigenvalue weighted by atomic mass is 9.68. The summed E-state index contributed by atoms with van der Waals surface area (Å²) in [4.78, 5) is 15.6. The topological polar surface area (TPSA) is 50.8 Å². The van der Waals surface area contributed by atoms with Crippen molar-refractivity contribution >= 4 is 18.3 Å². The van der Waals surface area contributed by atoms with Crippen LogP contribution in [0.3, 0.4) is 0 Å². The van der Waals surface area contributed by atoms with Crippen molar-refractivity contribution in [1.82, 2.24) is 10.2 Å². The molecule has 50 heavy (non-hydrogen) atoms. The number of nitrogens with one attached hydrogen (secondary N) is 1. The van der Waals surface area contributed by atoms with E-state index in [4.69, 9.17) is 9.47 Å². The van der Waals surface area contributed by atoms with E-state index in [0.29, 0.717) is 12.1 Å². The second-order valence-corrected chi connectivity index (χ2v) is 14.0. The monoisotopic (exact) mass is 698 g/mol. The number of ether oxygens (including phenoxy) is 2. The predicted molar refractivity (Wildman–Crippen MR) is 202 cm³/mol. The highest BCUT2D eigenvalue weighted by atomic mass is 35.5. The summed E-state index contributed by atoms with van der Waals surface area (Å²) in [5, 5.41) is 3.07. The molecule has 1 aliphatic carbocycles. The fourth-order valence-electron chi connectivity index (χ4n) is 8.61. The van der Waals surface area contributed by atoms with Gasteiger partial charge in [0, 0.05) is 17.5 Å². The molecule has 1 amide bonds. The maximum atomic E-state index is 14.2. The van der Waals surface area contributed by atoms with Crippen LogP contribution in [0, 0.1) is 5.82 Å². The molecule has 7 heteroatoms. The zero-order valence-electron chi connectivity index (χ0n) is 29.6. The molecule has 0 aromatic heterocycles. The summed E-state index contributed by atoms with van der Waals surface area (Å²) in [5.41, 5.74) is 5.84. The number of carbonyl (C=O) groups excluding carboxylic acids is 1. The Labute approximate surface area is 304 Å². The number of benzene rings is 4. The van der Waals surface area contributed by atoms with E-state index >= 15 is 0 Å². The minimum atomic E-state index is -0.335. The molecule has 1 atom stereocenters. The van der Waals surface area contributed by atoms with Crippen LogP contribution in [-0.4, -0.2) is 50.2 Å². The van der Waals surface area contributed by atoms with Crippen molar-refractivity contribution < 1.29 is 18.7 Å². The van der Waals surface area contributed by atoms with Crippen molar-refractivity contribution in [3.8, 4) is 11.5 Å². The molecule has 0 radical (unpaired) electrons. The summed E-state index contributed by atoms with van der Waals surface area (Å²) in [6, 6.07) is 32.7. The maximum Gasteiger partial charge on any atom is 0.224 e. The predicted octanol–water partition coefficient (Wildman–Crippen LogP) is 8.88. The summed E-state index contributed by atoms with van der Waals surface area (Å²) in [7, 11) is 3.44. The fourth-order valence-corrected chi connectivity index (χ4v) is 8.61. The van der Waals surface area contributed by atoms with Gasteiger partial charge >= 0.3 is 0 Å². The van der Waals surface area contributed by atoms with Crippen molar-refractivity contribution in [3.63, 3.8) is 0 Å². The third-order valence-corrected chi connectivity index (χ3v) is 11.2. The molecule has 1 fully saturated rings. The Morgan fingerprint density at radius 2 is 1.44 bits per heavy atom. The number of likely N-dealkylation sites (tertiary alicyclic amines) is 1. The first-order valence-electron chi connectivity index (χ1n) is 18.1. The smallest absolute Gasteiger partial charge is 0.224 e. The molecular formula is C43H52ClFN2O3. The summed E-state index contributed by atoms with van der Waals surface area (Å²) in [5.74, 6) is 1.16. The minimum Gasteiger partial charge on any atom is -0.493 e. The molecule has 5 nitrogen and oxygen atoms in total. The second kappa shape index (κ2) is 17.4. The molecule has 6 rings (SSSR count). The molecule has 1 heterocycles. The van der Waals surface area contributed by atoms with Gasteiger partial charge in [0.15, 0.2) is 11.5 Å². The largest absolute Gasteiger partial charge is 0.493 e. The van der Waals surface area contributed by atoms with Crippen LogP contribution in [0.15, 0.2) is 97.1 Å². The molecule has 1 spiro atoms. The van der Waals surface area contributed by atoms with Crippen LogP contribution >= 0.6 is 12.4 Å². The van der Waals surface area contributed by atoms with Crippen LogP contribution in [0.5, 0.6) is 11.5 Å². The third kappa shape index (κ3) is 8.35. The van der Waals surface area contributed by atoms with E-state index in [1.54, 1.807) is 32.4 Å². The van der Waals surface area contributed by atoms with Gasteiger partial charge in [0.2, 0.25) is 5.91 Å². The van der Waals surface area contributed by atoms with Gasteiger partial charge in [-0.1, -0.05) is 85.3 Å². The second-order valence-electron chi connectivity index (χ2n) is 14.0. The minimum absolute atomic E-state index is 0. The fraction of sp³-hybridized carbons (Fsp3) is 0.419. The Morgan fingerprint density at radius 3 is 2.10 bits per heavy atom. The van der Waals surface area contributed by atoms with Gasteiger partial charge in [0.1, 0.15) is 5.82 Å². The Morgan fingerprint density at radius 1 is 0.820 bits per heavy atom. The zero-order valence-corrected chi connectivity index (χ0v) is 30.4. The molecule has 2 aliphatic rings. The number of carbonyl (C=O) groups is 1. The highest BCUT2D eigenvalue weighted by molar-refractivity contribution is 5.85. The van der Waals surface area contributed by atoms with E-state index in [-0.39, 0.29) is 41.5 Å².